The highest BCUT2D eigenvalue weighted by atomic mass is 16.4. The first-order chi connectivity index (χ1) is 10.6. The average Bonchev–Trinajstić information content (AvgIpc) is 2.52. The van der Waals surface area contributed by atoms with Gasteiger partial charge in [0, 0.05) is 19.0 Å². The molecule has 0 fully saturated rings. The van der Waals surface area contributed by atoms with Crippen molar-refractivity contribution in [2.75, 3.05) is 6.54 Å². The zero-order valence-electron chi connectivity index (χ0n) is 12.6. The van der Waals surface area contributed by atoms with Crippen LogP contribution in [0.4, 0.5) is 0 Å². The van der Waals surface area contributed by atoms with E-state index in [0.29, 0.717) is 19.4 Å². The predicted molar refractivity (Wildman–Crippen MR) is 85.4 cm³/mol. The highest BCUT2D eigenvalue weighted by molar-refractivity contribution is 5.83. The second kappa shape index (κ2) is 7.07. The van der Waals surface area contributed by atoms with Crippen LogP contribution >= 0.6 is 0 Å². The van der Waals surface area contributed by atoms with Gasteiger partial charge in [-0.25, -0.2) is 0 Å². The number of amides is 1. The van der Waals surface area contributed by atoms with E-state index >= 15 is 0 Å². The number of allylic oxidation sites excluding steroid dienone is 2. The van der Waals surface area contributed by atoms with E-state index in [1.54, 1.807) is 17.1 Å². The van der Waals surface area contributed by atoms with Crippen LogP contribution in [-0.4, -0.2) is 28.4 Å². The Hall–Kier alpha value is -2.36. The Bertz CT molecular complexity index is 584. The summed E-state index contributed by atoms with van der Waals surface area (Å²) in [5.41, 5.74) is 1.72. The molecule has 0 saturated heterocycles. The van der Waals surface area contributed by atoms with E-state index in [1.807, 2.05) is 24.3 Å². The fourth-order valence-corrected chi connectivity index (χ4v) is 2.94. The van der Waals surface area contributed by atoms with E-state index in [-0.39, 0.29) is 18.4 Å². The molecular weight excluding hydrogens is 278 g/mol. The Balaban J connectivity index is 2.26. The third-order valence-electron chi connectivity index (χ3n) is 4.06. The van der Waals surface area contributed by atoms with Gasteiger partial charge in [-0.15, -0.1) is 13.2 Å². The van der Waals surface area contributed by atoms with Crippen LogP contribution in [0.15, 0.2) is 49.6 Å². The maximum atomic E-state index is 12.7. The zero-order valence-corrected chi connectivity index (χ0v) is 12.6. The van der Waals surface area contributed by atoms with E-state index in [2.05, 4.69) is 13.2 Å². The van der Waals surface area contributed by atoms with Gasteiger partial charge in [0.05, 0.1) is 5.92 Å². The summed E-state index contributed by atoms with van der Waals surface area (Å²) in [6.07, 6.45) is 4.58. The molecule has 1 N–H and O–H groups in total. The largest absolute Gasteiger partial charge is 0.481 e. The first kappa shape index (κ1) is 16.0. The summed E-state index contributed by atoms with van der Waals surface area (Å²) in [6.45, 7) is 8.06. The zero-order chi connectivity index (χ0) is 16.1. The summed E-state index contributed by atoms with van der Waals surface area (Å²) < 4.78 is 0. The van der Waals surface area contributed by atoms with Crippen LogP contribution in [0.3, 0.4) is 0 Å². The first-order valence-corrected chi connectivity index (χ1v) is 7.39. The Kier molecular flexibility index (Phi) is 5.15. The molecule has 2 rings (SSSR count). The lowest BCUT2D eigenvalue weighted by atomic mass is 9.88. The van der Waals surface area contributed by atoms with Crippen LogP contribution < -0.4 is 0 Å². The average molecular weight is 299 g/mol. The highest BCUT2D eigenvalue weighted by Gasteiger charge is 2.34. The SMILES string of the molecule is C=CCC(CC=C)C(=O)N1Cc2ccccc2C(C(=O)O)C1. The smallest absolute Gasteiger partial charge is 0.312 e. The standard InChI is InChI=1S/C18H21NO3/c1-3-7-13(8-4-2)17(20)19-11-14-9-5-6-10-15(14)16(12-19)18(21)22/h3-6,9-10,13,16H,1-2,7-8,11-12H2,(H,21,22). The maximum Gasteiger partial charge on any atom is 0.312 e. The summed E-state index contributed by atoms with van der Waals surface area (Å²) in [6, 6.07) is 7.43. The van der Waals surface area contributed by atoms with Crippen molar-refractivity contribution in [3.8, 4) is 0 Å². The first-order valence-electron chi connectivity index (χ1n) is 7.39. The molecule has 0 radical (unpaired) electrons. The van der Waals surface area contributed by atoms with Crippen molar-refractivity contribution in [2.24, 2.45) is 5.92 Å². The highest BCUT2D eigenvalue weighted by Crippen LogP contribution is 2.30. The minimum Gasteiger partial charge on any atom is -0.481 e. The third kappa shape index (κ3) is 3.27. The van der Waals surface area contributed by atoms with E-state index in [0.717, 1.165) is 11.1 Å². The lowest BCUT2D eigenvalue weighted by molar-refractivity contribution is -0.142. The number of carbonyl (C=O) groups excluding carboxylic acids is 1. The summed E-state index contributed by atoms with van der Waals surface area (Å²) >= 11 is 0. The number of carbonyl (C=O) groups is 2. The Morgan fingerprint density at radius 3 is 2.50 bits per heavy atom. The van der Waals surface area contributed by atoms with Crippen LogP contribution in [0.5, 0.6) is 0 Å². The monoisotopic (exact) mass is 299 g/mol. The van der Waals surface area contributed by atoms with Crippen molar-refractivity contribution in [1.29, 1.82) is 0 Å². The van der Waals surface area contributed by atoms with Crippen molar-refractivity contribution in [3.05, 3.63) is 60.7 Å². The Morgan fingerprint density at radius 2 is 1.91 bits per heavy atom. The number of fused-ring (bicyclic) bond motifs is 1. The van der Waals surface area contributed by atoms with Gasteiger partial charge in [0.1, 0.15) is 0 Å². The fourth-order valence-electron chi connectivity index (χ4n) is 2.94. The summed E-state index contributed by atoms with van der Waals surface area (Å²) in [5.74, 6) is -1.80. The Labute approximate surface area is 130 Å². The molecule has 0 spiro atoms. The molecule has 1 aliphatic rings. The van der Waals surface area contributed by atoms with Crippen molar-refractivity contribution in [1.82, 2.24) is 4.90 Å². The van der Waals surface area contributed by atoms with Gasteiger partial charge < -0.3 is 10.0 Å². The third-order valence-corrected chi connectivity index (χ3v) is 4.06. The molecule has 1 unspecified atom stereocenters. The molecule has 0 bridgehead atoms. The number of hydrogen-bond donors (Lipinski definition) is 1. The summed E-state index contributed by atoms with van der Waals surface area (Å²) in [5, 5.41) is 9.46. The second-order valence-electron chi connectivity index (χ2n) is 5.55. The quantitative estimate of drug-likeness (QED) is 0.822. The molecule has 0 aromatic heterocycles. The lowest BCUT2D eigenvalue weighted by Crippen LogP contribution is -2.43. The number of hydrogen-bond acceptors (Lipinski definition) is 2. The van der Waals surface area contributed by atoms with Gasteiger partial charge >= 0.3 is 5.97 Å². The van der Waals surface area contributed by atoms with Crippen LogP contribution in [-0.2, 0) is 16.1 Å². The molecule has 1 heterocycles. The molecule has 1 aromatic carbocycles. The lowest BCUT2D eigenvalue weighted by Gasteiger charge is -2.34. The molecule has 4 nitrogen and oxygen atoms in total. The van der Waals surface area contributed by atoms with Crippen molar-refractivity contribution in [3.63, 3.8) is 0 Å². The van der Waals surface area contributed by atoms with Crippen LogP contribution in [0, 0.1) is 5.92 Å². The normalized spacial score (nSPS) is 17.0. The number of nitrogens with zero attached hydrogens (tertiary/aromatic N) is 1. The van der Waals surface area contributed by atoms with Crippen molar-refractivity contribution in [2.45, 2.75) is 25.3 Å². The summed E-state index contributed by atoms with van der Waals surface area (Å²) in [7, 11) is 0. The van der Waals surface area contributed by atoms with Gasteiger partial charge in [-0.3, -0.25) is 9.59 Å². The van der Waals surface area contributed by atoms with Gasteiger partial charge in [-0.2, -0.15) is 0 Å². The van der Waals surface area contributed by atoms with Crippen LogP contribution in [0.2, 0.25) is 0 Å². The van der Waals surface area contributed by atoms with Crippen LogP contribution in [0.25, 0.3) is 0 Å². The van der Waals surface area contributed by atoms with E-state index in [9.17, 15) is 14.7 Å². The molecule has 1 amide bonds. The van der Waals surface area contributed by atoms with Gasteiger partial charge in [-0.1, -0.05) is 36.4 Å². The van der Waals surface area contributed by atoms with E-state index in [4.69, 9.17) is 0 Å². The number of rotatable bonds is 6. The minimum atomic E-state index is -0.894. The minimum absolute atomic E-state index is 0.0273. The molecule has 116 valence electrons. The van der Waals surface area contributed by atoms with Gasteiger partial charge in [-0.05, 0) is 24.0 Å². The van der Waals surface area contributed by atoms with Crippen molar-refractivity contribution < 1.29 is 14.7 Å². The summed E-state index contributed by atoms with van der Waals surface area (Å²) in [4.78, 5) is 25.9. The molecule has 22 heavy (non-hydrogen) atoms. The van der Waals surface area contributed by atoms with E-state index in [1.165, 1.54) is 0 Å². The molecule has 1 atom stereocenters. The number of benzene rings is 1. The number of carboxylic acid groups (broad SMARTS) is 1. The topological polar surface area (TPSA) is 57.6 Å². The van der Waals surface area contributed by atoms with Gasteiger partial charge in [0.15, 0.2) is 0 Å². The Morgan fingerprint density at radius 1 is 1.27 bits per heavy atom. The van der Waals surface area contributed by atoms with Gasteiger partial charge in [0.25, 0.3) is 0 Å². The van der Waals surface area contributed by atoms with Crippen molar-refractivity contribution >= 4 is 11.9 Å². The maximum absolute atomic E-state index is 12.7. The van der Waals surface area contributed by atoms with E-state index < -0.39 is 11.9 Å². The second-order valence-corrected chi connectivity index (χ2v) is 5.55. The molecule has 1 aliphatic heterocycles. The molecular formula is C18H21NO3. The fraction of sp³-hybridized carbons (Fsp3) is 0.333. The molecule has 0 aliphatic carbocycles. The predicted octanol–water partition coefficient (Wildman–Crippen LogP) is 2.97. The molecule has 1 aromatic rings. The molecule has 4 heteroatoms. The van der Waals surface area contributed by atoms with Gasteiger partial charge in [0.2, 0.25) is 5.91 Å². The molecule has 0 saturated carbocycles. The van der Waals surface area contributed by atoms with Crippen LogP contribution in [0.1, 0.15) is 29.9 Å². The number of aliphatic carboxylic acids is 1. The number of carboxylic acids is 1.